The van der Waals surface area contributed by atoms with Crippen LogP contribution in [0.3, 0.4) is 0 Å². The van der Waals surface area contributed by atoms with Crippen LogP contribution < -0.4 is 5.56 Å². The highest BCUT2D eigenvalue weighted by atomic mass is 16.5. The molecule has 33 heavy (non-hydrogen) atoms. The topological polar surface area (TPSA) is 71.5 Å². The molecule has 0 aliphatic rings. The van der Waals surface area contributed by atoms with Crippen molar-refractivity contribution >= 4 is 0 Å². The summed E-state index contributed by atoms with van der Waals surface area (Å²) in [5.41, 5.74) is 1.93. The predicted octanol–water partition coefficient (Wildman–Crippen LogP) is 3.74. The molecule has 1 unspecified atom stereocenters. The average Bonchev–Trinajstić information content (AvgIpc) is 2.85. The van der Waals surface area contributed by atoms with Crippen molar-refractivity contribution in [3.05, 3.63) is 105 Å². The number of hydrogen-bond donors (Lipinski definition) is 2. The lowest BCUT2D eigenvalue weighted by Gasteiger charge is -2.32. The summed E-state index contributed by atoms with van der Waals surface area (Å²) in [7, 11) is 0. The highest BCUT2D eigenvalue weighted by Gasteiger charge is 2.36. The van der Waals surface area contributed by atoms with E-state index in [-0.39, 0.29) is 5.56 Å². The van der Waals surface area contributed by atoms with Gasteiger partial charge in [0.05, 0.1) is 13.2 Å². The van der Waals surface area contributed by atoms with Gasteiger partial charge in [-0.1, -0.05) is 60.4 Å². The number of rotatable bonds is 9. The lowest BCUT2D eigenvalue weighted by molar-refractivity contribution is 0.115. The summed E-state index contributed by atoms with van der Waals surface area (Å²) in [6, 6.07) is 18.2. The van der Waals surface area contributed by atoms with Gasteiger partial charge < -0.3 is 19.6 Å². The monoisotopic (exact) mass is 441 g/mol. The van der Waals surface area contributed by atoms with Gasteiger partial charge in [0.2, 0.25) is 5.56 Å². The average molecular weight is 442 g/mol. The first-order chi connectivity index (χ1) is 16.1. The molecule has 0 amide bonds. The van der Waals surface area contributed by atoms with Crippen molar-refractivity contribution in [3.8, 4) is 23.7 Å². The molecule has 3 rings (SSSR count). The minimum atomic E-state index is -1.51. The Bertz CT molecular complexity index is 1220. The summed E-state index contributed by atoms with van der Waals surface area (Å²) in [5.74, 6) is 11.4. The Morgan fingerprint density at radius 2 is 1.48 bits per heavy atom. The molecule has 0 saturated heterocycles. The number of hydrogen-bond acceptors (Lipinski definition) is 4. The van der Waals surface area contributed by atoms with Crippen molar-refractivity contribution in [2.45, 2.75) is 32.7 Å². The summed E-state index contributed by atoms with van der Waals surface area (Å²) in [6.07, 6.45) is 1.54. The fraction of sp³-hybridized carbons (Fsp3) is 0.250. The molecule has 0 spiro atoms. The molecule has 5 nitrogen and oxygen atoms in total. The molecule has 0 saturated carbocycles. The molecule has 0 radical (unpaired) electrons. The second-order valence-electron chi connectivity index (χ2n) is 7.35. The largest absolute Gasteiger partial charge is 0.376 e. The van der Waals surface area contributed by atoms with E-state index in [1.165, 1.54) is 6.07 Å². The van der Waals surface area contributed by atoms with Gasteiger partial charge in [0.25, 0.3) is 0 Å². The van der Waals surface area contributed by atoms with Crippen molar-refractivity contribution in [2.75, 3.05) is 13.2 Å². The van der Waals surface area contributed by atoms with Crippen LogP contribution in [0.25, 0.3) is 0 Å². The molecule has 168 valence electrons. The van der Waals surface area contributed by atoms with Gasteiger partial charge >= 0.3 is 0 Å². The Morgan fingerprint density at radius 1 is 0.848 bits per heavy atom. The fourth-order valence-corrected chi connectivity index (χ4v) is 3.53. The van der Waals surface area contributed by atoms with Crippen LogP contribution in [0.5, 0.6) is 0 Å². The zero-order chi connectivity index (χ0) is 23.5. The van der Waals surface area contributed by atoms with Gasteiger partial charge in [0, 0.05) is 17.8 Å². The lowest BCUT2D eigenvalue weighted by atomic mass is 9.79. The maximum atomic E-state index is 12.2. The predicted molar refractivity (Wildman–Crippen MR) is 128 cm³/mol. The number of H-pyrrole nitrogens is 1. The maximum absolute atomic E-state index is 12.2. The van der Waals surface area contributed by atoms with E-state index in [1.54, 1.807) is 26.1 Å². The van der Waals surface area contributed by atoms with Crippen molar-refractivity contribution in [1.29, 1.82) is 0 Å². The fourth-order valence-electron chi connectivity index (χ4n) is 3.53. The molecular formula is C28H27NO4. The van der Waals surface area contributed by atoms with E-state index in [4.69, 9.17) is 9.47 Å². The first kappa shape index (κ1) is 24.0. The van der Waals surface area contributed by atoms with E-state index in [2.05, 4.69) is 28.7 Å². The zero-order valence-corrected chi connectivity index (χ0v) is 18.9. The Kier molecular flexibility index (Phi) is 8.63. The number of nitrogens with one attached hydrogen (secondary N) is 1. The van der Waals surface area contributed by atoms with Crippen LogP contribution in [0, 0.1) is 23.7 Å². The van der Waals surface area contributed by atoms with E-state index < -0.39 is 5.60 Å². The second-order valence-corrected chi connectivity index (χ2v) is 7.35. The highest BCUT2D eigenvalue weighted by Crippen LogP contribution is 2.38. The third kappa shape index (κ3) is 6.00. The Morgan fingerprint density at radius 3 is 2.12 bits per heavy atom. The van der Waals surface area contributed by atoms with Gasteiger partial charge in [-0.05, 0) is 42.2 Å². The molecule has 2 N–H and O–H groups in total. The lowest BCUT2D eigenvalue weighted by Crippen LogP contribution is -2.31. The molecule has 0 fully saturated rings. The number of aliphatic hydroxyl groups is 1. The van der Waals surface area contributed by atoms with Crippen LogP contribution in [0.15, 0.2) is 71.7 Å². The highest BCUT2D eigenvalue weighted by molar-refractivity contribution is 5.49. The molecule has 2 aromatic carbocycles. The number of benzene rings is 2. The first-order valence-electron chi connectivity index (χ1n) is 10.6. The third-order valence-corrected chi connectivity index (χ3v) is 5.21. The van der Waals surface area contributed by atoms with E-state index in [0.717, 1.165) is 11.1 Å². The molecule has 5 heteroatoms. The number of ether oxygens (including phenoxy) is 2. The Labute approximate surface area is 194 Å². The summed E-state index contributed by atoms with van der Waals surface area (Å²) in [4.78, 5) is 14.4. The molecule has 0 aliphatic heterocycles. The van der Waals surface area contributed by atoms with Gasteiger partial charge in [-0.3, -0.25) is 4.79 Å². The molecule has 0 aliphatic carbocycles. The molecule has 0 bridgehead atoms. The van der Waals surface area contributed by atoms with Gasteiger partial charge in [0.15, 0.2) is 0 Å². The van der Waals surface area contributed by atoms with Crippen LogP contribution in [-0.4, -0.2) is 23.3 Å². The van der Waals surface area contributed by atoms with Crippen molar-refractivity contribution < 1.29 is 14.6 Å². The van der Waals surface area contributed by atoms with Gasteiger partial charge in [-0.2, -0.15) is 0 Å². The van der Waals surface area contributed by atoms with Crippen molar-refractivity contribution in [2.24, 2.45) is 0 Å². The van der Waals surface area contributed by atoms with Gasteiger partial charge in [-0.25, -0.2) is 0 Å². The van der Waals surface area contributed by atoms with Crippen LogP contribution in [0.4, 0.5) is 0 Å². The number of pyridine rings is 1. The van der Waals surface area contributed by atoms with Crippen molar-refractivity contribution in [3.63, 3.8) is 0 Å². The first-order valence-corrected chi connectivity index (χ1v) is 10.6. The van der Waals surface area contributed by atoms with Crippen LogP contribution in [0.1, 0.15) is 41.7 Å². The Hall–Kier alpha value is -3.61. The van der Waals surface area contributed by atoms with E-state index >= 15 is 0 Å². The van der Waals surface area contributed by atoms with Gasteiger partial charge in [0.1, 0.15) is 18.8 Å². The maximum Gasteiger partial charge on any atom is 0.247 e. The third-order valence-electron chi connectivity index (χ3n) is 5.21. The van der Waals surface area contributed by atoms with Crippen molar-refractivity contribution in [1.82, 2.24) is 4.98 Å². The van der Waals surface area contributed by atoms with Crippen LogP contribution in [0.2, 0.25) is 0 Å². The van der Waals surface area contributed by atoms with E-state index in [9.17, 15) is 9.90 Å². The normalized spacial score (nSPS) is 12.1. The summed E-state index contributed by atoms with van der Waals surface area (Å²) in [6.45, 7) is 4.93. The SMILES string of the molecule is CC#CCOCc1ccc(C(O)(c2ccc(=O)[nH]c2)c2ccccc2COCC#CC)cc1. The Balaban J connectivity index is 2.01. The zero-order valence-electron chi connectivity index (χ0n) is 18.9. The molecular weight excluding hydrogens is 414 g/mol. The quantitative estimate of drug-likeness (QED) is 0.392. The summed E-state index contributed by atoms with van der Waals surface area (Å²) < 4.78 is 11.2. The summed E-state index contributed by atoms with van der Waals surface area (Å²) >= 11 is 0. The van der Waals surface area contributed by atoms with E-state index in [1.807, 2.05) is 48.5 Å². The van der Waals surface area contributed by atoms with Gasteiger partial charge in [-0.15, -0.1) is 11.8 Å². The standard InChI is InChI=1S/C28H27NO4/c1-3-5-17-32-20-22-11-13-24(14-12-22)28(31,25-15-16-27(30)29-19-25)26-10-8-7-9-23(26)21-33-18-6-4-2/h7-16,19,31H,17-18,20-21H2,1-2H3,(H,29,30). The van der Waals surface area contributed by atoms with Crippen LogP contribution >= 0.6 is 0 Å². The minimum absolute atomic E-state index is 0.237. The smallest absolute Gasteiger partial charge is 0.247 e. The molecule has 1 atom stereocenters. The molecule has 1 heterocycles. The summed E-state index contributed by atoms with van der Waals surface area (Å²) in [5, 5.41) is 12.2. The van der Waals surface area contributed by atoms with E-state index in [0.29, 0.717) is 43.1 Å². The number of aromatic amines is 1. The number of aromatic nitrogens is 1. The molecule has 1 aromatic heterocycles. The minimum Gasteiger partial charge on any atom is -0.376 e. The molecule has 3 aromatic rings. The van der Waals surface area contributed by atoms with Crippen LogP contribution in [-0.2, 0) is 28.3 Å². The second kappa shape index (κ2) is 11.9.